The Hall–Kier alpha value is -7.03. The van der Waals surface area contributed by atoms with Crippen molar-refractivity contribution in [3.8, 4) is 11.1 Å². The standard InChI is InChI=1S/C52H34N2/c1-2-10-33(11-3-1)34-18-20-37(21-19-34)49-32-50(40-25-26-43-39(30-40)24-28-45-41-15-7-4-12-35(41)22-27-46(43)45)54-52(53-49)51-44-17-9-6-14-38(44)31-48-42-16-8-5-13-36(42)23-29-47(48)51/h1-32,49H,(H,53,54). The molecule has 252 valence electrons. The molecule has 0 bridgehead atoms. The predicted molar refractivity (Wildman–Crippen MR) is 230 cm³/mol. The van der Waals surface area contributed by atoms with Crippen LogP contribution in [0.15, 0.2) is 199 Å². The molecule has 10 aromatic rings. The van der Waals surface area contributed by atoms with Gasteiger partial charge >= 0.3 is 0 Å². The van der Waals surface area contributed by atoms with Crippen molar-refractivity contribution in [2.75, 3.05) is 0 Å². The lowest BCUT2D eigenvalue weighted by Gasteiger charge is -2.26. The maximum Gasteiger partial charge on any atom is 0.135 e. The predicted octanol–water partition coefficient (Wildman–Crippen LogP) is 13.4. The van der Waals surface area contributed by atoms with Gasteiger partial charge in [0.25, 0.3) is 0 Å². The highest BCUT2D eigenvalue weighted by Gasteiger charge is 2.24. The summed E-state index contributed by atoms with van der Waals surface area (Å²) in [5, 5.41) is 18.8. The summed E-state index contributed by atoms with van der Waals surface area (Å²) in [7, 11) is 0. The van der Waals surface area contributed by atoms with E-state index in [0.29, 0.717) is 0 Å². The van der Waals surface area contributed by atoms with Crippen LogP contribution >= 0.6 is 0 Å². The Morgan fingerprint density at radius 1 is 0.352 bits per heavy atom. The third-order valence-electron chi connectivity index (χ3n) is 11.3. The quantitative estimate of drug-likeness (QED) is 0.145. The van der Waals surface area contributed by atoms with E-state index < -0.39 is 0 Å². The highest BCUT2D eigenvalue weighted by molar-refractivity contribution is 6.25. The van der Waals surface area contributed by atoms with E-state index in [-0.39, 0.29) is 6.04 Å². The van der Waals surface area contributed by atoms with Gasteiger partial charge in [-0.3, -0.25) is 0 Å². The number of nitrogens with one attached hydrogen (secondary N) is 1. The minimum absolute atomic E-state index is 0.0922. The maximum absolute atomic E-state index is 5.52. The molecule has 0 aromatic heterocycles. The normalized spacial score (nSPS) is 14.5. The third-order valence-corrected chi connectivity index (χ3v) is 11.3. The van der Waals surface area contributed by atoms with E-state index in [9.17, 15) is 0 Å². The maximum atomic E-state index is 5.52. The largest absolute Gasteiger partial charge is 0.359 e. The van der Waals surface area contributed by atoms with Crippen LogP contribution in [-0.2, 0) is 0 Å². The second kappa shape index (κ2) is 12.3. The fourth-order valence-electron chi connectivity index (χ4n) is 8.58. The Bertz CT molecular complexity index is 3170. The van der Waals surface area contributed by atoms with Crippen molar-refractivity contribution in [3.63, 3.8) is 0 Å². The van der Waals surface area contributed by atoms with Gasteiger partial charge in [-0.15, -0.1) is 0 Å². The minimum atomic E-state index is -0.0922. The van der Waals surface area contributed by atoms with Gasteiger partial charge in [-0.1, -0.05) is 176 Å². The average Bonchev–Trinajstić information content (AvgIpc) is 3.25. The number of hydrogen-bond acceptors (Lipinski definition) is 2. The number of nitrogens with zero attached hydrogens (tertiary/aromatic N) is 1. The molecule has 0 saturated heterocycles. The molecule has 11 rings (SSSR count). The summed E-state index contributed by atoms with van der Waals surface area (Å²) in [4.78, 5) is 5.52. The van der Waals surface area contributed by atoms with Crippen LogP contribution in [0.3, 0.4) is 0 Å². The van der Waals surface area contributed by atoms with E-state index in [2.05, 4.69) is 199 Å². The van der Waals surface area contributed by atoms with Gasteiger partial charge in [0.15, 0.2) is 0 Å². The van der Waals surface area contributed by atoms with Gasteiger partial charge in [-0.05, 0) is 99.5 Å². The van der Waals surface area contributed by atoms with Crippen molar-refractivity contribution in [3.05, 3.63) is 211 Å². The van der Waals surface area contributed by atoms with Gasteiger partial charge < -0.3 is 5.32 Å². The van der Waals surface area contributed by atoms with Gasteiger partial charge in [-0.2, -0.15) is 0 Å². The number of fused-ring (bicyclic) bond motifs is 9. The lowest BCUT2D eigenvalue weighted by atomic mass is 9.91. The Morgan fingerprint density at radius 2 is 0.870 bits per heavy atom. The first-order valence-corrected chi connectivity index (χ1v) is 18.7. The van der Waals surface area contributed by atoms with Crippen molar-refractivity contribution in [1.29, 1.82) is 0 Å². The summed E-state index contributed by atoms with van der Waals surface area (Å²) in [6.07, 6.45) is 2.29. The molecule has 0 fully saturated rings. The minimum Gasteiger partial charge on any atom is -0.359 e. The third kappa shape index (κ3) is 4.99. The van der Waals surface area contributed by atoms with Crippen LogP contribution in [0.1, 0.15) is 22.7 Å². The summed E-state index contributed by atoms with van der Waals surface area (Å²) in [5.41, 5.74) is 6.79. The van der Waals surface area contributed by atoms with Crippen LogP contribution in [0.5, 0.6) is 0 Å². The number of benzene rings is 10. The van der Waals surface area contributed by atoms with E-state index in [0.717, 1.165) is 22.7 Å². The SMILES string of the molecule is C1=C(c2ccc3c(ccc4c5ccccc5ccc34)c2)N=C(c2c3ccccc3cc3c2ccc2ccccc23)NC1c1ccc(-c2ccccc2)cc1. The molecule has 0 amide bonds. The Balaban J connectivity index is 1.11. The molecule has 1 atom stereocenters. The van der Waals surface area contributed by atoms with E-state index in [4.69, 9.17) is 4.99 Å². The zero-order chi connectivity index (χ0) is 35.6. The molecule has 1 unspecified atom stereocenters. The topological polar surface area (TPSA) is 24.4 Å². The fourth-order valence-corrected chi connectivity index (χ4v) is 8.58. The molecule has 1 N–H and O–H groups in total. The summed E-state index contributed by atoms with van der Waals surface area (Å²) in [6, 6.07) is 68.2. The van der Waals surface area contributed by atoms with Crippen LogP contribution in [0.2, 0.25) is 0 Å². The van der Waals surface area contributed by atoms with E-state index in [1.165, 1.54) is 81.3 Å². The molecule has 0 saturated carbocycles. The number of rotatable bonds is 4. The Labute approximate surface area is 313 Å². The summed E-state index contributed by atoms with van der Waals surface area (Å²) >= 11 is 0. The molecule has 1 aliphatic rings. The zero-order valence-electron chi connectivity index (χ0n) is 29.5. The van der Waals surface area contributed by atoms with Crippen molar-refractivity contribution >= 4 is 76.2 Å². The number of hydrogen-bond donors (Lipinski definition) is 1. The summed E-state index contributed by atoms with van der Waals surface area (Å²) < 4.78 is 0. The summed E-state index contributed by atoms with van der Waals surface area (Å²) in [5.74, 6) is 0.881. The Kier molecular flexibility index (Phi) is 6.96. The molecule has 10 aromatic carbocycles. The van der Waals surface area contributed by atoms with Crippen molar-refractivity contribution < 1.29 is 0 Å². The molecule has 2 nitrogen and oxygen atoms in total. The molecular weight excluding hydrogens is 653 g/mol. The number of aliphatic imine (C=N–C) groups is 1. The highest BCUT2D eigenvalue weighted by Crippen LogP contribution is 2.38. The van der Waals surface area contributed by atoms with E-state index in [1.807, 2.05) is 0 Å². The van der Waals surface area contributed by atoms with Crippen LogP contribution in [0.25, 0.3) is 81.5 Å². The average molecular weight is 687 g/mol. The van der Waals surface area contributed by atoms with Crippen LogP contribution < -0.4 is 5.32 Å². The smallest absolute Gasteiger partial charge is 0.135 e. The van der Waals surface area contributed by atoms with Crippen LogP contribution in [0, 0.1) is 0 Å². The van der Waals surface area contributed by atoms with Crippen molar-refractivity contribution in [2.24, 2.45) is 4.99 Å². The van der Waals surface area contributed by atoms with Gasteiger partial charge in [0.1, 0.15) is 5.84 Å². The zero-order valence-corrected chi connectivity index (χ0v) is 29.5. The van der Waals surface area contributed by atoms with Crippen LogP contribution in [-0.4, -0.2) is 5.84 Å². The molecule has 1 heterocycles. The van der Waals surface area contributed by atoms with Gasteiger partial charge in [0, 0.05) is 11.1 Å². The van der Waals surface area contributed by atoms with Gasteiger partial charge in [0.2, 0.25) is 0 Å². The van der Waals surface area contributed by atoms with Gasteiger partial charge in [-0.25, -0.2) is 4.99 Å². The lowest BCUT2D eigenvalue weighted by Crippen LogP contribution is -2.31. The lowest BCUT2D eigenvalue weighted by molar-refractivity contribution is 0.782. The molecule has 0 aliphatic carbocycles. The van der Waals surface area contributed by atoms with Crippen LogP contribution in [0.4, 0.5) is 0 Å². The summed E-state index contributed by atoms with van der Waals surface area (Å²) in [6.45, 7) is 0. The monoisotopic (exact) mass is 686 g/mol. The molecule has 0 radical (unpaired) electrons. The van der Waals surface area contributed by atoms with Crippen molar-refractivity contribution in [1.82, 2.24) is 5.32 Å². The number of amidine groups is 1. The first-order chi connectivity index (χ1) is 26.7. The molecular formula is C52H34N2. The second-order valence-corrected chi connectivity index (χ2v) is 14.4. The first-order valence-electron chi connectivity index (χ1n) is 18.7. The Morgan fingerprint density at radius 3 is 1.61 bits per heavy atom. The second-order valence-electron chi connectivity index (χ2n) is 14.4. The highest BCUT2D eigenvalue weighted by atomic mass is 15.0. The van der Waals surface area contributed by atoms with E-state index in [1.54, 1.807) is 0 Å². The fraction of sp³-hybridized carbons (Fsp3) is 0.0192. The molecule has 54 heavy (non-hydrogen) atoms. The van der Waals surface area contributed by atoms with Gasteiger partial charge in [0.05, 0.1) is 11.7 Å². The first kappa shape index (κ1) is 30.6. The van der Waals surface area contributed by atoms with Crippen molar-refractivity contribution in [2.45, 2.75) is 6.04 Å². The molecule has 1 aliphatic heterocycles. The van der Waals surface area contributed by atoms with E-state index >= 15 is 0 Å². The molecule has 2 heteroatoms. The molecule has 0 spiro atoms.